The third kappa shape index (κ3) is 5.38. The first kappa shape index (κ1) is 31.5. The highest BCUT2D eigenvalue weighted by atomic mass is 32.1. The highest BCUT2D eigenvalue weighted by Gasteiger charge is 2.19. The first-order valence-electron chi connectivity index (χ1n) is 18.6. The minimum atomic E-state index is 1.03. The fourth-order valence-electron chi connectivity index (χ4n) is 8.14. The zero-order chi connectivity index (χ0) is 36.3. The number of fused-ring (bicyclic) bond motifs is 7. The van der Waals surface area contributed by atoms with E-state index >= 15 is 0 Å². The molecule has 9 aromatic carbocycles. The Hall–Kier alpha value is -7.01. The van der Waals surface area contributed by atoms with Crippen LogP contribution in [0.5, 0.6) is 0 Å². The Morgan fingerprint density at radius 2 is 1.05 bits per heavy atom. The maximum atomic E-state index is 5.03. The monoisotopic (exact) mass is 719 g/mol. The molecule has 0 aliphatic carbocycles. The van der Waals surface area contributed by atoms with Crippen LogP contribution in [0, 0.1) is 0 Å². The average Bonchev–Trinajstić information content (AvgIpc) is 3.84. The summed E-state index contributed by atoms with van der Waals surface area (Å²) < 4.78 is 3.60. The molecule has 55 heavy (non-hydrogen) atoms. The second kappa shape index (κ2) is 12.8. The lowest BCUT2D eigenvalue weighted by Crippen LogP contribution is -2.10. The lowest BCUT2D eigenvalue weighted by molar-refractivity contribution is 1.18. The number of rotatable bonds is 6. The van der Waals surface area contributed by atoms with Crippen LogP contribution in [0.15, 0.2) is 200 Å². The van der Waals surface area contributed by atoms with E-state index in [2.05, 4.69) is 210 Å². The van der Waals surface area contributed by atoms with E-state index in [4.69, 9.17) is 4.98 Å². The largest absolute Gasteiger partial charge is 0.310 e. The molecule has 0 N–H and O–H groups in total. The third-order valence-corrected chi connectivity index (χ3v) is 11.9. The van der Waals surface area contributed by atoms with Crippen molar-refractivity contribution in [2.24, 2.45) is 0 Å². The van der Waals surface area contributed by atoms with Crippen molar-refractivity contribution in [2.45, 2.75) is 0 Å². The summed E-state index contributed by atoms with van der Waals surface area (Å²) in [6.07, 6.45) is 0. The lowest BCUT2D eigenvalue weighted by atomic mass is 10.0. The Bertz CT molecular complexity index is 3210. The van der Waals surface area contributed by atoms with Gasteiger partial charge in [-0.1, -0.05) is 133 Å². The van der Waals surface area contributed by atoms with Crippen molar-refractivity contribution >= 4 is 82.0 Å². The van der Waals surface area contributed by atoms with E-state index in [0.717, 1.165) is 38.8 Å². The summed E-state index contributed by atoms with van der Waals surface area (Å²) in [5, 5.41) is 8.39. The normalized spacial score (nSPS) is 11.6. The van der Waals surface area contributed by atoms with Crippen LogP contribution in [-0.4, -0.2) is 9.55 Å². The van der Waals surface area contributed by atoms with Gasteiger partial charge in [0.25, 0.3) is 0 Å². The molecule has 0 unspecified atom stereocenters. The second-order valence-corrected chi connectivity index (χ2v) is 15.0. The Balaban J connectivity index is 1.12. The summed E-state index contributed by atoms with van der Waals surface area (Å²) in [5.41, 5.74) is 11.3. The van der Waals surface area contributed by atoms with Crippen molar-refractivity contribution in [1.82, 2.24) is 9.55 Å². The van der Waals surface area contributed by atoms with Gasteiger partial charge in [0.2, 0.25) is 0 Å². The van der Waals surface area contributed by atoms with Crippen LogP contribution < -0.4 is 4.90 Å². The van der Waals surface area contributed by atoms with Crippen LogP contribution >= 0.6 is 11.3 Å². The van der Waals surface area contributed by atoms with Crippen LogP contribution in [0.1, 0.15) is 0 Å². The summed E-state index contributed by atoms with van der Waals surface area (Å²) in [6.45, 7) is 0. The molecule has 2 heterocycles. The topological polar surface area (TPSA) is 21.1 Å². The van der Waals surface area contributed by atoms with Gasteiger partial charge in [-0.25, -0.2) is 4.98 Å². The van der Waals surface area contributed by atoms with E-state index in [1.807, 2.05) is 0 Å². The molecule has 258 valence electrons. The molecule has 3 nitrogen and oxygen atoms in total. The minimum absolute atomic E-state index is 1.03. The molecule has 0 aliphatic rings. The molecule has 11 aromatic rings. The van der Waals surface area contributed by atoms with Gasteiger partial charge in [0.1, 0.15) is 5.01 Å². The van der Waals surface area contributed by atoms with E-state index < -0.39 is 0 Å². The predicted octanol–water partition coefficient (Wildman–Crippen LogP) is 14.5. The maximum Gasteiger partial charge on any atom is 0.124 e. The molecule has 0 saturated heterocycles. The number of hydrogen-bond donors (Lipinski definition) is 0. The summed E-state index contributed by atoms with van der Waals surface area (Å²) in [4.78, 5) is 7.43. The van der Waals surface area contributed by atoms with E-state index in [9.17, 15) is 0 Å². The van der Waals surface area contributed by atoms with Crippen LogP contribution in [0.4, 0.5) is 17.1 Å². The van der Waals surface area contributed by atoms with Gasteiger partial charge >= 0.3 is 0 Å². The van der Waals surface area contributed by atoms with Crippen LogP contribution in [0.2, 0.25) is 0 Å². The van der Waals surface area contributed by atoms with Gasteiger partial charge in [-0.3, -0.25) is 0 Å². The van der Waals surface area contributed by atoms with E-state index in [1.54, 1.807) is 11.3 Å². The zero-order valence-electron chi connectivity index (χ0n) is 29.8. The standard InChI is InChI=1S/C51H33N3S/c1-3-13-35(14-4-1)51-52-47-29-24-39-32-42(25-27-44(39)50(47)55-51)53(41-19-11-16-37(31-41)38-23-22-34-12-7-8-15-36(34)30-38)43-26-28-46-45-20-9-10-21-48(45)54(49(46)33-43)40-17-5-2-6-18-40/h1-33H. The first-order chi connectivity index (χ1) is 27.2. The maximum absolute atomic E-state index is 5.03. The van der Waals surface area contributed by atoms with Crippen LogP contribution in [0.25, 0.3) is 81.0 Å². The number of para-hydroxylation sites is 2. The Kier molecular flexibility index (Phi) is 7.35. The highest BCUT2D eigenvalue weighted by molar-refractivity contribution is 7.22. The smallest absolute Gasteiger partial charge is 0.124 e. The molecule has 0 spiro atoms. The highest BCUT2D eigenvalue weighted by Crippen LogP contribution is 2.43. The SMILES string of the molecule is c1ccc(-c2nc3ccc4cc(N(c5cccc(-c6ccc7ccccc7c6)c5)c5ccc6c7ccccc7n(-c7ccccc7)c6c5)ccc4c3s2)cc1. The van der Waals surface area contributed by atoms with Gasteiger partial charge in [0.15, 0.2) is 0 Å². The Morgan fingerprint density at radius 1 is 0.400 bits per heavy atom. The molecule has 4 heteroatoms. The summed E-state index contributed by atoms with van der Waals surface area (Å²) in [5.74, 6) is 0. The predicted molar refractivity (Wildman–Crippen MR) is 235 cm³/mol. The first-order valence-corrected chi connectivity index (χ1v) is 19.4. The van der Waals surface area contributed by atoms with Gasteiger partial charge in [-0.15, -0.1) is 11.3 Å². The van der Waals surface area contributed by atoms with E-state index in [-0.39, 0.29) is 0 Å². The summed E-state index contributed by atoms with van der Waals surface area (Å²) in [6, 6.07) is 72.3. The van der Waals surface area contributed by atoms with Gasteiger partial charge in [0.05, 0.1) is 21.3 Å². The number of nitrogens with zero attached hydrogens (tertiary/aromatic N) is 3. The summed E-state index contributed by atoms with van der Waals surface area (Å²) in [7, 11) is 0. The lowest BCUT2D eigenvalue weighted by Gasteiger charge is -2.27. The third-order valence-electron chi connectivity index (χ3n) is 10.7. The van der Waals surface area contributed by atoms with E-state index in [1.165, 1.54) is 59.2 Å². The molecule has 0 amide bonds. The van der Waals surface area contributed by atoms with Gasteiger partial charge in [0, 0.05) is 44.5 Å². The van der Waals surface area contributed by atoms with Crippen molar-refractivity contribution in [3.05, 3.63) is 200 Å². The number of thiazole rings is 1. The van der Waals surface area contributed by atoms with Crippen molar-refractivity contribution in [3.63, 3.8) is 0 Å². The number of hydrogen-bond acceptors (Lipinski definition) is 3. The molecule has 0 aliphatic heterocycles. The quantitative estimate of drug-likeness (QED) is 0.171. The number of anilines is 3. The average molecular weight is 720 g/mol. The number of benzene rings is 9. The molecule has 2 aromatic heterocycles. The molecular weight excluding hydrogens is 687 g/mol. The van der Waals surface area contributed by atoms with Crippen molar-refractivity contribution < 1.29 is 0 Å². The van der Waals surface area contributed by atoms with Crippen molar-refractivity contribution in [3.8, 4) is 27.4 Å². The van der Waals surface area contributed by atoms with Gasteiger partial charge in [-0.2, -0.15) is 0 Å². The van der Waals surface area contributed by atoms with Crippen molar-refractivity contribution in [1.29, 1.82) is 0 Å². The van der Waals surface area contributed by atoms with Crippen LogP contribution in [0.3, 0.4) is 0 Å². The fraction of sp³-hybridized carbons (Fsp3) is 0. The summed E-state index contributed by atoms with van der Waals surface area (Å²) >= 11 is 1.76. The minimum Gasteiger partial charge on any atom is -0.310 e. The molecule has 0 atom stereocenters. The fourth-order valence-corrected chi connectivity index (χ4v) is 9.24. The van der Waals surface area contributed by atoms with E-state index in [0.29, 0.717) is 0 Å². The Labute approximate surface area is 322 Å². The molecule has 0 bridgehead atoms. The van der Waals surface area contributed by atoms with Gasteiger partial charge < -0.3 is 9.47 Å². The Morgan fingerprint density at radius 3 is 1.93 bits per heavy atom. The zero-order valence-corrected chi connectivity index (χ0v) is 30.6. The molecular formula is C51H33N3S. The molecule has 0 fully saturated rings. The second-order valence-electron chi connectivity index (χ2n) is 14.0. The molecule has 0 saturated carbocycles. The van der Waals surface area contributed by atoms with Crippen LogP contribution in [-0.2, 0) is 0 Å². The van der Waals surface area contributed by atoms with Gasteiger partial charge in [-0.05, 0) is 94.0 Å². The van der Waals surface area contributed by atoms with Crippen molar-refractivity contribution in [2.75, 3.05) is 4.90 Å². The number of aromatic nitrogens is 2. The molecule has 0 radical (unpaired) electrons. The molecule has 11 rings (SSSR count).